The number of likely N-dealkylation sites (N-methyl/N-ethyl adjacent to an activating group) is 1. The summed E-state index contributed by atoms with van der Waals surface area (Å²) >= 11 is 0. The summed E-state index contributed by atoms with van der Waals surface area (Å²) in [5.74, 6) is 1.03. The van der Waals surface area contributed by atoms with Crippen LogP contribution in [-0.4, -0.2) is 31.1 Å². The Hall–Kier alpha value is -0.800. The van der Waals surface area contributed by atoms with Gasteiger partial charge in [-0.2, -0.15) is 0 Å². The summed E-state index contributed by atoms with van der Waals surface area (Å²) in [6.07, 6.45) is 1.75. The molecule has 86 valence electrons. The van der Waals surface area contributed by atoms with E-state index in [9.17, 15) is 0 Å². The van der Waals surface area contributed by atoms with Crippen LogP contribution in [0.5, 0.6) is 0 Å². The van der Waals surface area contributed by atoms with Crippen LogP contribution < -0.4 is 5.32 Å². The first-order valence-electron chi connectivity index (χ1n) is 5.54. The third kappa shape index (κ3) is 4.49. The van der Waals surface area contributed by atoms with Crippen LogP contribution in [-0.2, 0) is 6.54 Å². The summed E-state index contributed by atoms with van der Waals surface area (Å²) in [5, 5.41) is 3.41. The topological polar surface area (TPSA) is 28.4 Å². The number of nitrogens with zero attached hydrogens (tertiary/aromatic N) is 1. The van der Waals surface area contributed by atoms with Crippen LogP contribution >= 0.6 is 0 Å². The average Bonchev–Trinajstić information content (AvgIpc) is 2.51. The van der Waals surface area contributed by atoms with Crippen molar-refractivity contribution in [1.82, 2.24) is 10.2 Å². The van der Waals surface area contributed by atoms with Gasteiger partial charge in [-0.25, -0.2) is 0 Å². The number of hydrogen-bond donors (Lipinski definition) is 1. The largest absolute Gasteiger partial charge is 0.469 e. The minimum atomic E-state index is 0.564. The minimum absolute atomic E-state index is 0.564. The normalized spacial score (nSPS) is 11.6. The molecule has 1 rings (SSSR count). The highest BCUT2D eigenvalue weighted by atomic mass is 16.3. The molecular weight excluding hydrogens is 188 g/mol. The molecule has 3 nitrogen and oxygen atoms in total. The van der Waals surface area contributed by atoms with Gasteiger partial charge in [0, 0.05) is 31.2 Å². The average molecular weight is 210 g/mol. The Morgan fingerprint density at radius 3 is 2.73 bits per heavy atom. The smallest absolute Gasteiger partial charge is 0.105 e. The van der Waals surface area contributed by atoms with Gasteiger partial charge in [-0.3, -0.25) is 0 Å². The molecule has 0 spiro atoms. The number of nitrogens with one attached hydrogen (secondary N) is 1. The number of rotatable bonds is 6. The standard InChI is InChI=1S/C12H22N2O/c1-10(2)13-6-7-14(4)9-12-5-8-15-11(12)3/h5,8,10,13H,6-7,9H2,1-4H3. The fourth-order valence-corrected chi connectivity index (χ4v) is 1.49. The summed E-state index contributed by atoms with van der Waals surface area (Å²) in [6.45, 7) is 9.39. The first-order chi connectivity index (χ1) is 7.09. The van der Waals surface area contributed by atoms with E-state index in [4.69, 9.17) is 4.42 Å². The fourth-order valence-electron chi connectivity index (χ4n) is 1.49. The summed E-state index contributed by atoms with van der Waals surface area (Å²) in [5.41, 5.74) is 1.28. The lowest BCUT2D eigenvalue weighted by molar-refractivity contribution is 0.317. The lowest BCUT2D eigenvalue weighted by atomic mass is 10.2. The van der Waals surface area contributed by atoms with Crippen molar-refractivity contribution in [2.75, 3.05) is 20.1 Å². The van der Waals surface area contributed by atoms with Crippen LogP contribution in [0.15, 0.2) is 16.7 Å². The molecule has 1 aromatic heterocycles. The zero-order valence-corrected chi connectivity index (χ0v) is 10.2. The predicted molar refractivity (Wildman–Crippen MR) is 62.9 cm³/mol. The van der Waals surface area contributed by atoms with Crippen LogP contribution in [0.3, 0.4) is 0 Å². The van der Waals surface area contributed by atoms with Crippen molar-refractivity contribution >= 4 is 0 Å². The maximum absolute atomic E-state index is 5.27. The van der Waals surface area contributed by atoms with E-state index in [1.807, 2.05) is 13.0 Å². The summed E-state index contributed by atoms with van der Waals surface area (Å²) in [4.78, 5) is 2.30. The van der Waals surface area contributed by atoms with Gasteiger partial charge in [-0.1, -0.05) is 13.8 Å². The third-order valence-electron chi connectivity index (χ3n) is 2.45. The third-order valence-corrected chi connectivity index (χ3v) is 2.45. The van der Waals surface area contributed by atoms with Gasteiger partial charge >= 0.3 is 0 Å². The molecule has 0 unspecified atom stereocenters. The van der Waals surface area contributed by atoms with Crippen molar-refractivity contribution in [1.29, 1.82) is 0 Å². The summed E-state index contributed by atoms with van der Waals surface area (Å²) in [6, 6.07) is 2.61. The fraction of sp³-hybridized carbons (Fsp3) is 0.667. The molecule has 0 atom stereocenters. The molecule has 0 saturated carbocycles. The van der Waals surface area contributed by atoms with E-state index in [-0.39, 0.29) is 0 Å². The van der Waals surface area contributed by atoms with Crippen molar-refractivity contribution in [2.45, 2.75) is 33.4 Å². The monoisotopic (exact) mass is 210 g/mol. The van der Waals surface area contributed by atoms with Gasteiger partial charge in [-0.05, 0) is 20.0 Å². The zero-order chi connectivity index (χ0) is 11.3. The minimum Gasteiger partial charge on any atom is -0.469 e. The van der Waals surface area contributed by atoms with Crippen LogP contribution in [0.2, 0.25) is 0 Å². The molecule has 15 heavy (non-hydrogen) atoms. The second kappa shape index (κ2) is 5.93. The summed E-state index contributed by atoms with van der Waals surface area (Å²) < 4.78 is 5.27. The van der Waals surface area contributed by atoms with E-state index >= 15 is 0 Å². The van der Waals surface area contributed by atoms with E-state index in [1.165, 1.54) is 5.56 Å². The zero-order valence-electron chi connectivity index (χ0n) is 10.2. The Labute approximate surface area is 92.5 Å². The molecule has 0 aliphatic heterocycles. The quantitative estimate of drug-likeness (QED) is 0.778. The van der Waals surface area contributed by atoms with Gasteiger partial charge in [0.2, 0.25) is 0 Å². The molecule has 0 saturated heterocycles. The SMILES string of the molecule is Cc1occc1CN(C)CCNC(C)C. The number of furan rings is 1. The van der Waals surface area contributed by atoms with Gasteiger partial charge < -0.3 is 14.6 Å². The van der Waals surface area contributed by atoms with Gasteiger partial charge in [0.05, 0.1) is 6.26 Å². The molecule has 0 amide bonds. The Morgan fingerprint density at radius 2 is 2.20 bits per heavy atom. The summed E-state index contributed by atoms with van der Waals surface area (Å²) in [7, 11) is 2.13. The van der Waals surface area contributed by atoms with Gasteiger partial charge in [-0.15, -0.1) is 0 Å². The van der Waals surface area contributed by atoms with E-state index in [0.717, 1.165) is 25.4 Å². The molecule has 0 aliphatic rings. The molecule has 0 radical (unpaired) electrons. The Morgan fingerprint density at radius 1 is 1.47 bits per heavy atom. The van der Waals surface area contributed by atoms with Crippen LogP contribution in [0.1, 0.15) is 25.2 Å². The molecular formula is C12H22N2O. The maximum Gasteiger partial charge on any atom is 0.105 e. The highest BCUT2D eigenvalue weighted by molar-refractivity contribution is 5.14. The Balaban J connectivity index is 2.24. The maximum atomic E-state index is 5.27. The predicted octanol–water partition coefficient (Wildman–Crippen LogP) is 2.02. The molecule has 0 bridgehead atoms. The molecule has 0 aliphatic carbocycles. The molecule has 1 aromatic rings. The van der Waals surface area contributed by atoms with E-state index < -0.39 is 0 Å². The van der Waals surface area contributed by atoms with Crippen molar-refractivity contribution in [3.63, 3.8) is 0 Å². The molecule has 1 heterocycles. The van der Waals surface area contributed by atoms with Crippen molar-refractivity contribution < 1.29 is 4.42 Å². The first kappa shape index (κ1) is 12.3. The van der Waals surface area contributed by atoms with Crippen LogP contribution in [0.4, 0.5) is 0 Å². The van der Waals surface area contributed by atoms with Crippen molar-refractivity contribution in [2.24, 2.45) is 0 Å². The van der Waals surface area contributed by atoms with Crippen LogP contribution in [0.25, 0.3) is 0 Å². The van der Waals surface area contributed by atoms with Crippen molar-refractivity contribution in [3.8, 4) is 0 Å². The second-order valence-electron chi connectivity index (χ2n) is 4.35. The lowest BCUT2D eigenvalue weighted by Gasteiger charge is -2.17. The van der Waals surface area contributed by atoms with Crippen LogP contribution in [0, 0.1) is 6.92 Å². The molecule has 0 aromatic carbocycles. The lowest BCUT2D eigenvalue weighted by Crippen LogP contribution is -2.32. The number of aryl methyl sites for hydroxylation is 1. The van der Waals surface area contributed by atoms with Gasteiger partial charge in [0.25, 0.3) is 0 Å². The molecule has 3 heteroatoms. The number of hydrogen-bond acceptors (Lipinski definition) is 3. The molecule has 1 N–H and O–H groups in total. The highest BCUT2D eigenvalue weighted by Crippen LogP contribution is 2.10. The Kier molecular flexibility index (Phi) is 4.85. The highest BCUT2D eigenvalue weighted by Gasteiger charge is 2.05. The first-order valence-corrected chi connectivity index (χ1v) is 5.54. The van der Waals surface area contributed by atoms with E-state index in [0.29, 0.717) is 6.04 Å². The van der Waals surface area contributed by atoms with Gasteiger partial charge in [0.1, 0.15) is 5.76 Å². The van der Waals surface area contributed by atoms with E-state index in [2.05, 4.69) is 31.1 Å². The Bertz CT molecular complexity index is 281. The van der Waals surface area contributed by atoms with Crippen molar-refractivity contribution in [3.05, 3.63) is 23.7 Å². The van der Waals surface area contributed by atoms with E-state index in [1.54, 1.807) is 6.26 Å². The van der Waals surface area contributed by atoms with Gasteiger partial charge in [0.15, 0.2) is 0 Å². The molecule has 0 fully saturated rings. The second-order valence-corrected chi connectivity index (χ2v) is 4.35.